The molecule has 0 fully saturated rings. The Morgan fingerprint density at radius 2 is 2.30 bits per heavy atom. The molecule has 1 aromatic rings. The number of nitrogens with zero attached hydrogens (tertiary/aromatic N) is 2. The van der Waals surface area contributed by atoms with E-state index < -0.39 is 0 Å². The summed E-state index contributed by atoms with van der Waals surface area (Å²) in [6.45, 7) is 4.58. The summed E-state index contributed by atoms with van der Waals surface area (Å²) in [5.74, 6) is 0. The number of hydrogen-bond donors (Lipinski definition) is 1. The summed E-state index contributed by atoms with van der Waals surface area (Å²) in [5, 5.41) is 3.92. The van der Waals surface area contributed by atoms with Crippen LogP contribution in [0.4, 0.5) is 0 Å². The van der Waals surface area contributed by atoms with Crippen LogP contribution in [-0.4, -0.2) is 9.78 Å². The molecule has 0 atom stereocenters. The second-order valence-corrected chi connectivity index (χ2v) is 1.73. The zero-order chi connectivity index (χ0) is 7.98. The molecule has 0 unspecified atom stereocenters. The number of aryl methyl sites for hydroxylation is 1. The van der Waals surface area contributed by atoms with Gasteiger partial charge >= 0.3 is 0 Å². The molecule has 0 aliphatic heterocycles. The van der Waals surface area contributed by atoms with Gasteiger partial charge in [0.25, 0.3) is 0 Å². The van der Waals surface area contributed by atoms with Gasteiger partial charge in [0.05, 0.1) is 6.20 Å². The van der Waals surface area contributed by atoms with Crippen molar-refractivity contribution in [3.8, 4) is 0 Å². The molecule has 0 bridgehead atoms. The number of hydrogen-bond acceptors (Lipinski definition) is 2. The Morgan fingerprint density at radius 1 is 1.70 bits per heavy atom. The van der Waals surface area contributed by atoms with Crippen LogP contribution in [0.2, 0.25) is 0 Å². The zero-order valence-electron chi connectivity index (χ0n) is 6.83. The van der Waals surface area contributed by atoms with Gasteiger partial charge in [-0.15, -0.1) is 0 Å². The first-order chi connectivity index (χ1) is 4.83. The van der Waals surface area contributed by atoms with Crippen molar-refractivity contribution in [2.24, 2.45) is 12.8 Å². The van der Waals surface area contributed by atoms with Crippen LogP contribution in [0, 0.1) is 0 Å². The van der Waals surface area contributed by atoms with E-state index in [1.807, 2.05) is 27.1 Å². The largest absolute Gasteiger partial charge is 0.326 e. The first-order valence-corrected chi connectivity index (χ1v) is 3.50. The summed E-state index contributed by atoms with van der Waals surface area (Å²) in [6, 6.07) is 0. The Kier molecular flexibility index (Phi) is 4.58. The molecule has 1 heterocycles. The van der Waals surface area contributed by atoms with Gasteiger partial charge in [0.2, 0.25) is 0 Å². The van der Waals surface area contributed by atoms with Gasteiger partial charge in [-0.25, -0.2) is 0 Å². The predicted molar refractivity (Wildman–Crippen MR) is 44.6 cm³/mol. The third-order valence-electron chi connectivity index (χ3n) is 0.994. The summed E-state index contributed by atoms with van der Waals surface area (Å²) in [5.41, 5.74) is 6.39. The highest BCUT2D eigenvalue weighted by Gasteiger charge is 1.88. The third kappa shape index (κ3) is 2.64. The van der Waals surface area contributed by atoms with Crippen LogP contribution in [0.5, 0.6) is 0 Å². The summed E-state index contributed by atoms with van der Waals surface area (Å²) >= 11 is 0. The lowest BCUT2D eigenvalue weighted by molar-refractivity contribution is 0.767. The van der Waals surface area contributed by atoms with Crippen molar-refractivity contribution in [1.29, 1.82) is 0 Å². The van der Waals surface area contributed by atoms with Gasteiger partial charge < -0.3 is 5.73 Å². The Morgan fingerprint density at radius 3 is 2.50 bits per heavy atom. The molecular formula is C7H17N3. The third-order valence-corrected chi connectivity index (χ3v) is 0.994. The van der Waals surface area contributed by atoms with E-state index in [9.17, 15) is 0 Å². The molecule has 1 aromatic heterocycles. The quantitative estimate of drug-likeness (QED) is 0.641. The molecule has 0 radical (unpaired) electrons. The van der Waals surface area contributed by atoms with E-state index in [4.69, 9.17) is 5.73 Å². The van der Waals surface area contributed by atoms with Crippen LogP contribution in [0.1, 0.15) is 20.8 Å². The molecular weight excluding hydrogens is 126 g/mol. The molecule has 60 valence electrons. The van der Waals surface area contributed by atoms with Crippen molar-refractivity contribution < 1.29 is 1.43 Å². The minimum absolute atomic E-state index is 0. The first-order valence-electron chi connectivity index (χ1n) is 3.50. The van der Waals surface area contributed by atoms with E-state index in [1.165, 1.54) is 0 Å². The van der Waals surface area contributed by atoms with Crippen LogP contribution in [0.25, 0.3) is 0 Å². The highest BCUT2D eigenvalue weighted by atomic mass is 15.2. The number of nitrogens with two attached hydrogens (primary N) is 1. The van der Waals surface area contributed by atoms with Crippen molar-refractivity contribution in [2.75, 3.05) is 0 Å². The smallest absolute Gasteiger partial charge is 0.0534 e. The second kappa shape index (κ2) is 4.99. The van der Waals surface area contributed by atoms with Crippen LogP contribution in [-0.2, 0) is 13.6 Å². The van der Waals surface area contributed by atoms with Crippen LogP contribution < -0.4 is 5.73 Å². The van der Waals surface area contributed by atoms with E-state index in [0.29, 0.717) is 6.54 Å². The minimum Gasteiger partial charge on any atom is -0.326 e. The Balaban J connectivity index is 0. The fourth-order valence-corrected chi connectivity index (χ4v) is 0.577. The molecule has 0 saturated heterocycles. The molecule has 0 aromatic carbocycles. The fourth-order valence-electron chi connectivity index (χ4n) is 0.577. The van der Waals surface area contributed by atoms with Crippen LogP contribution in [0.3, 0.4) is 0 Å². The standard InChI is InChI=1S/C5H9N3.C2H6.H2/c1-8-4-5(2-6)3-7-8;1-2;/h3-4H,2,6H2,1H3;1-2H3;1H. The van der Waals surface area contributed by atoms with Crippen molar-refractivity contribution in [2.45, 2.75) is 20.4 Å². The molecule has 0 saturated carbocycles. The van der Waals surface area contributed by atoms with Crippen molar-refractivity contribution >= 4 is 0 Å². The lowest BCUT2D eigenvalue weighted by Crippen LogP contribution is -1.93. The molecule has 0 amide bonds. The molecule has 3 nitrogen and oxygen atoms in total. The maximum absolute atomic E-state index is 5.31. The zero-order valence-corrected chi connectivity index (χ0v) is 6.83. The van der Waals surface area contributed by atoms with Gasteiger partial charge in [0.15, 0.2) is 0 Å². The Labute approximate surface area is 63.3 Å². The summed E-state index contributed by atoms with van der Waals surface area (Å²) in [7, 11) is 1.87. The van der Waals surface area contributed by atoms with E-state index in [0.717, 1.165) is 5.56 Å². The maximum atomic E-state index is 5.31. The second-order valence-electron chi connectivity index (χ2n) is 1.73. The molecule has 10 heavy (non-hydrogen) atoms. The van der Waals surface area contributed by atoms with Gasteiger partial charge in [-0.05, 0) is 0 Å². The van der Waals surface area contributed by atoms with Crippen LogP contribution >= 0.6 is 0 Å². The molecule has 0 aliphatic carbocycles. The highest BCUT2D eigenvalue weighted by Crippen LogP contribution is 1.91. The molecule has 3 heteroatoms. The lowest BCUT2D eigenvalue weighted by atomic mass is 10.4. The summed E-state index contributed by atoms with van der Waals surface area (Å²) < 4.78 is 1.74. The Hall–Kier alpha value is -0.830. The number of aromatic nitrogens is 2. The summed E-state index contributed by atoms with van der Waals surface area (Å²) in [4.78, 5) is 0. The monoisotopic (exact) mass is 143 g/mol. The van der Waals surface area contributed by atoms with Crippen LogP contribution in [0.15, 0.2) is 12.4 Å². The first kappa shape index (κ1) is 9.17. The van der Waals surface area contributed by atoms with Crippen molar-refractivity contribution in [3.05, 3.63) is 18.0 Å². The van der Waals surface area contributed by atoms with Gasteiger partial charge in [0.1, 0.15) is 0 Å². The van der Waals surface area contributed by atoms with E-state index in [2.05, 4.69) is 5.10 Å². The van der Waals surface area contributed by atoms with Gasteiger partial charge in [0, 0.05) is 26.8 Å². The average Bonchev–Trinajstić information content (AvgIpc) is 2.40. The Bertz CT molecular complexity index is 174. The lowest BCUT2D eigenvalue weighted by Gasteiger charge is -1.82. The van der Waals surface area contributed by atoms with E-state index >= 15 is 0 Å². The fraction of sp³-hybridized carbons (Fsp3) is 0.571. The normalized spacial score (nSPS) is 8.40. The predicted octanol–water partition coefficient (Wildman–Crippen LogP) is 1.15. The minimum atomic E-state index is 0. The average molecular weight is 143 g/mol. The van der Waals surface area contributed by atoms with E-state index in [1.54, 1.807) is 10.9 Å². The molecule has 2 N–H and O–H groups in total. The maximum Gasteiger partial charge on any atom is 0.0534 e. The molecule has 0 aliphatic rings. The van der Waals surface area contributed by atoms with Crippen molar-refractivity contribution in [1.82, 2.24) is 9.78 Å². The summed E-state index contributed by atoms with van der Waals surface area (Å²) in [6.07, 6.45) is 3.67. The highest BCUT2D eigenvalue weighted by molar-refractivity contribution is 5.01. The van der Waals surface area contributed by atoms with Gasteiger partial charge in [-0.3, -0.25) is 4.68 Å². The van der Waals surface area contributed by atoms with Crippen molar-refractivity contribution in [3.63, 3.8) is 0 Å². The SMILES string of the molecule is CC.Cn1cc(CN)cn1.[HH]. The van der Waals surface area contributed by atoms with Gasteiger partial charge in [-0.2, -0.15) is 5.10 Å². The van der Waals surface area contributed by atoms with Gasteiger partial charge in [-0.1, -0.05) is 13.8 Å². The van der Waals surface area contributed by atoms with E-state index in [-0.39, 0.29) is 1.43 Å². The molecule has 0 spiro atoms. The molecule has 1 rings (SSSR count). The topological polar surface area (TPSA) is 43.8 Å². The number of rotatable bonds is 1.